The second-order valence-electron chi connectivity index (χ2n) is 4.68. The summed E-state index contributed by atoms with van der Waals surface area (Å²) in [6, 6.07) is 12.9. The number of rotatable bonds is 4. The number of halogens is 2. The van der Waals surface area contributed by atoms with Crippen molar-refractivity contribution in [3.8, 4) is 0 Å². The van der Waals surface area contributed by atoms with Crippen molar-refractivity contribution in [2.45, 2.75) is 19.4 Å². The summed E-state index contributed by atoms with van der Waals surface area (Å²) >= 11 is 6.00. The van der Waals surface area contributed by atoms with Gasteiger partial charge in [0.05, 0.1) is 0 Å². The number of aryl methyl sites for hydroxylation is 1. The molecular weight excluding hydrogens is 261 g/mol. The van der Waals surface area contributed by atoms with E-state index < -0.39 is 0 Å². The van der Waals surface area contributed by atoms with Crippen LogP contribution in [0.4, 0.5) is 4.39 Å². The minimum absolute atomic E-state index is 0.152. The summed E-state index contributed by atoms with van der Waals surface area (Å²) in [5.41, 5.74) is 3.24. The van der Waals surface area contributed by atoms with Crippen molar-refractivity contribution in [3.05, 3.63) is 70.0 Å². The lowest BCUT2D eigenvalue weighted by molar-refractivity contribution is 0.582. The maximum absolute atomic E-state index is 13.2. The van der Waals surface area contributed by atoms with E-state index in [-0.39, 0.29) is 11.9 Å². The minimum Gasteiger partial charge on any atom is -0.313 e. The van der Waals surface area contributed by atoms with Crippen LogP contribution in [0.1, 0.15) is 22.7 Å². The third-order valence-corrected chi connectivity index (χ3v) is 3.52. The Morgan fingerprint density at radius 2 is 2.00 bits per heavy atom. The summed E-state index contributed by atoms with van der Waals surface area (Å²) in [6.07, 6.45) is 0.823. The molecule has 1 N–H and O–H groups in total. The van der Waals surface area contributed by atoms with E-state index in [0.29, 0.717) is 0 Å². The average Bonchev–Trinajstić information content (AvgIpc) is 2.37. The normalized spacial score (nSPS) is 12.4. The second-order valence-corrected chi connectivity index (χ2v) is 5.11. The summed E-state index contributed by atoms with van der Waals surface area (Å²) in [7, 11) is 1.91. The zero-order chi connectivity index (χ0) is 13.8. The van der Waals surface area contributed by atoms with Gasteiger partial charge in [0.1, 0.15) is 5.82 Å². The number of hydrogen-bond acceptors (Lipinski definition) is 1. The van der Waals surface area contributed by atoms with Crippen LogP contribution in [0, 0.1) is 12.7 Å². The molecule has 0 aliphatic heterocycles. The lowest BCUT2D eigenvalue weighted by Gasteiger charge is -2.19. The van der Waals surface area contributed by atoms with Crippen molar-refractivity contribution in [2.24, 2.45) is 0 Å². The van der Waals surface area contributed by atoms with Crippen molar-refractivity contribution >= 4 is 11.6 Å². The molecule has 2 aromatic carbocycles. The molecule has 0 aliphatic rings. The van der Waals surface area contributed by atoms with Crippen molar-refractivity contribution in [1.29, 1.82) is 0 Å². The van der Waals surface area contributed by atoms with E-state index in [1.54, 1.807) is 6.07 Å². The molecule has 0 saturated heterocycles. The van der Waals surface area contributed by atoms with Crippen molar-refractivity contribution < 1.29 is 4.39 Å². The highest BCUT2D eigenvalue weighted by molar-refractivity contribution is 6.30. The molecule has 3 heteroatoms. The fourth-order valence-electron chi connectivity index (χ4n) is 2.30. The molecular formula is C16H17ClFN. The lowest BCUT2D eigenvalue weighted by atomic mass is 9.95. The van der Waals surface area contributed by atoms with Crippen LogP contribution >= 0.6 is 11.6 Å². The van der Waals surface area contributed by atoms with Gasteiger partial charge < -0.3 is 5.32 Å². The predicted octanol–water partition coefficient (Wildman–Crippen LogP) is 4.29. The SMILES string of the molecule is CNC(Cc1cccc(Cl)c1)c1ccc(F)cc1C. The average molecular weight is 278 g/mol. The quantitative estimate of drug-likeness (QED) is 0.879. The van der Waals surface area contributed by atoms with Gasteiger partial charge in [0, 0.05) is 11.1 Å². The molecule has 1 unspecified atom stereocenters. The Kier molecular flexibility index (Phi) is 4.56. The smallest absolute Gasteiger partial charge is 0.123 e. The maximum Gasteiger partial charge on any atom is 0.123 e. The monoisotopic (exact) mass is 277 g/mol. The number of benzene rings is 2. The number of likely N-dealkylation sites (N-methyl/N-ethyl adjacent to an activating group) is 1. The van der Waals surface area contributed by atoms with Crippen LogP contribution in [-0.2, 0) is 6.42 Å². The lowest BCUT2D eigenvalue weighted by Crippen LogP contribution is -2.19. The van der Waals surface area contributed by atoms with Gasteiger partial charge >= 0.3 is 0 Å². The fraction of sp³-hybridized carbons (Fsp3) is 0.250. The van der Waals surface area contributed by atoms with Crippen LogP contribution in [0.3, 0.4) is 0 Å². The molecule has 0 heterocycles. The molecule has 0 spiro atoms. The molecule has 2 aromatic rings. The Morgan fingerprint density at radius 1 is 1.21 bits per heavy atom. The van der Waals surface area contributed by atoms with Gasteiger partial charge in [-0.05, 0) is 61.3 Å². The van der Waals surface area contributed by atoms with Crippen LogP contribution in [0.2, 0.25) is 5.02 Å². The van der Waals surface area contributed by atoms with Gasteiger partial charge in [-0.25, -0.2) is 4.39 Å². The van der Waals surface area contributed by atoms with E-state index >= 15 is 0 Å². The highest BCUT2D eigenvalue weighted by atomic mass is 35.5. The summed E-state index contributed by atoms with van der Waals surface area (Å²) in [4.78, 5) is 0. The number of hydrogen-bond donors (Lipinski definition) is 1. The van der Waals surface area contributed by atoms with E-state index in [0.717, 1.165) is 28.1 Å². The highest BCUT2D eigenvalue weighted by Gasteiger charge is 2.13. The molecule has 1 atom stereocenters. The zero-order valence-corrected chi connectivity index (χ0v) is 11.8. The Labute approximate surface area is 118 Å². The van der Waals surface area contributed by atoms with Crippen molar-refractivity contribution in [2.75, 3.05) is 7.05 Å². The van der Waals surface area contributed by atoms with Crippen LogP contribution in [0.5, 0.6) is 0 Å². The first-order valence-electron chi connectivity index (χ1n) is 6.28. The van der Waals surface area contributed by atoms with E-state index in [2.05, 4.69) is 11.4 Å². The Bertz CT molecular complexity index is 568. The van der Waals surface area contributed by atoms with Gasteiger partial charge in [-0.15, -0.1) is 0 Å². The second kappa shape index (κ2) is 6.18. The summed E-state index contributed by atoms with van der Waals surface area (Å²) in [6.45, 7) is 1.93. The van der Waals surface area contributed by atoms with E-state index in [1.165, 1.54) is 6.07 Å². The van der Waals surface area contributed by atoms with Gasteiger partial charge in [-0.3, -0.25) is 0 Å². The van der Waals surface area contributed by atoms with Gasteiger partial charge in [0.2, 0.25) is 0 Å². The molecule has 0 aromatic heterocycles. The molecule has 100 valence electrons. The number of nitrogens with one attached hydrogen (secondary N) is 1. The van der Waals surface area contributed by atoms with Gasteiger partial charge in [0.25, 0.3) is 0 Å². The van der Waals surface area contributed by atoms with Crippen molar-refractivity contribution in [1.82, 2.24) is 5.32 Å². The van der Waals surface area contributed by atoms with Crippen LogP contribution in [0.15, 0.2) is 42.5 Å². The largest absolute Gasteiger partial charge is 0.313 e. The molecule has 0 radical (unpaired) electrons. The van der Waals surface area contributed by atoms with Gasteiger partial charge in [-0.2, -0.15) is 0 Å². The minimum atomic E-state index is -0.196. The van der Waals surface area contributed by atoms with Crippen LogP contribution < -0.4 is 5.32 Å². The van der Waals surface area contributed by atoms with E-state index in [1.807, 2.05) is 38.2 Å². The van der Waals surface area contributed by atoms with Gasteiger partial charge in [0.15, 0.2) is 0 Å². The molecule has 2 rings (SSSR count). The van der Waals surface area contributed by atoms with Crippen molar-refractivity contribution in [3.63, 3.8) is 0 Å². The highest BCUT2D eigenvalue weighted by Crippen LogP contribution is 2.23. The first-order chi connectivity index (χ1) is 9.10. The summed E-state index contributed by atoms with van der Waals surface area (Å²) in [5, 5.41) is 4.02. The standard InChI is InChI=1S/C16H17ClFN/c1-11-8-14(18)6-7-15(11)16(19-2)10-12-4-3-5-13(17)9-12/h3-9,16,19H,10H2,1-2H3. The Morgan fingerprint density at radius 3 is 2.63 bits per heavy atom. The zero-order valence-electron chi connectivity index (χ0n) is 11.1. The van der Waals surface area contributed by atoms with E-state index in [9.17, 15) is 4.39 Å². The molecule has 19 heavy (non-hydrogen) atoms. The Balaban J connectivity index is 2.25. The first-order valence-corrected chi connectivity index (χ1v) is 6.65. The maximum atomic E-state index is 13.2. The van der Waals surface area contributed by atoms with Crippen LogP contribution in [0.25, 0.3) is 0 Å². The topological polar surface area (TPSA) is 12.0 Å². The Hall–Kier alpha value is -1.38. The predicted molar refractivity (Wildman–Crippen MR) is 78.1 cm³/mol. The van der Waals surface area contributed by atoms with E-state index in [4.69, 9.17) is 11.6 Å². The molecule has 0 fully saturated rings. The summed E-state index contributed by atoms with van der Waals surface area (Å²) in [5.74, 6) is -0.196. The molecule has 0 bridgehead atoms. The van der Waals surface area contributed by atoms with Crippen LogP contribution in [-0.4, -0.2) is 7.05 Å². The first kappa shape index (κ1) is 14.0. The third-order valence-electron chi connectivity index (χ3n) is 3.28. The molecule has 1 nitrogen and oxygen atoms in total. The van der Waals surface area contributed by atoms with Gasteiger partial charge in [-0.1, -0.05) is 29.8 Å². The summed E-state index contributed by atoms with van der Waals surface area (Å²) < 4.78 is 13.2. The third kappa shape index (κ3) is 3.55. The molecule has 0 aliphatic carbocycles. The molecule has 0 saturated carbocycles. The molecule has 0 amide bonds. The fourth-order valence-corrected chi connectivity index (χ4v) is 2.51.